The van der Waals surface area contributed by atoms with Gasteiger partial charge in [-0.05, 0) is 30.0 Å². The molecule has 2 aromatic rings. The predicted octanol–water partition coefficient (Wildman–Crippen LogP) is 3.72. The van der Waals surface area contributed by atoms with E-state index in [1.54, 1.807) is 17.4 Å². The number of aryl methyl sites for hydroxylation is 1. The summed E-state index contributed by atoms with van der Waals surface area (Å²) in [6.07, 6.45) is 2.28. The van der Waals surface area contributed by atoms with Gasteiger partial charge >= 0.3 is 0 Å². The normalized spacial score (nSPS) is 20.7. The van der Waals surface area contributed by atoms with Crippen LogP contribution in [-0.4, -0.2) is 19.0 Å². The molecule has 0 saturated carbocycles. The van der Waals surface area contributed by atoms with Gasteiger partial charge in [0.2, 0.25) is 0 Å². The Kier molecular flexibility index (Phi) is 5.27. The molecule has 2 N–H and O–H groups in total. The van der Waals surface area contributed by atoms with Gasteiger partial charge in [-0.15, -0.1) is 11.3 Å². The third-order valence-electron chi connectivity index (χ3n) is 4.31. The zero-order valence-corrected chi connectivity index (χ0v) is 15.2. The lowest BCUT2D eigenvalue weighted by atomic mass is 10.2. The van der Waals surface area contributed by atoms with Crippen LogP contribution in [-0.2, 0) is 4.79 Å². The maximum Gasteiger partial charge on any atom is 0.279 e. The molecule has 1 aromatic heterocycles. The van der Waals surface area contributed by atoms with Crippen LogP contribution in [0.3, 0.4) is 0 Å². The Labute approximate surface area is 150 Å². The molecular weight excluding hydrogens is 351 g/mol. The number of hydrogen-bond acceptors (Lipinski definition) is 2. The Balaban J connectivity index is 1.69. The molecule has 6 heteroatoms. The molecule has 0 bridgehead atoms. The zero-order valence-electron chi connectivity index (χ0n) is 12.9. The molecule has 122 valence electrons. The fourth-order valence-electron chi connectivity index (χ4n) is 3.12. The van der Waals surface area contributed by atoms with Gasteiger partial charge in [-0.25, -0.2) is 0 Å². The summed E-state index contributed by atoms with van der Waals surface area (Å²) in [6.45, 7) is 3.35. The SMILES string of the molecule is Cc1ccc(Cl)c(NC(=O)C[NH+]2CCC[C@@H]2c2cccs2)c1Cl. The van der Waals surface area contributed by atoms with Crippen LogP contribution in [0.25, 0.3) is 0 Å². The first-order chi connectivity index (χ1) is 11.1. The van der Waals surface area contributed by atoms with Gasteiger partial charge in [0.25, 0.3) is 5.91 Å². The number of rotatable bonds is 4. The Morgan fingerprint density at radius 1 is 1.39 bits per heavy atom. The summed E-state index contributed by atoms with van der Waals surface area (Å²) < 4.78 is 0. The molecule has 0 aliphatic carbocycles. The molecule has 1 aliphatic rings. The van der Waals surface area contributed by atoms with E-state index in [0.717, 1.165) is 24.9 Å². The van der Waals surface area contributed by atoms with E-state index in [2.05, 4.69) is 22.8 Å². The fraction of sp³-hybridized carbons (Fsp3) is 0.353. The van der Waals surface area contributed by atoms with Crippen molar-refractivity contribution in [3.05, 3.63) is 50.1 Å². The van der Waals surface area contributed by atoms with Gasteiger partial charge in [0.15, 0.2) is 6.54 Å². The Morgan fingerprint density at radius 3 is 2.96 bits per heavy atom. The third-order valence-corrected chi connectivity index (χ3v) is 6.09. The van der Waals surface area contributed by atoms with Crippen LogP contribution >= 0.6 is 34.5 Å². The van der Waals surface area contributed by atoms with Gasteiger partial charge < -0.3 is 10.2 Å². The van der Waals surface area contributed by atoms with Crippen LogP contribution in [0.5, 0.6) is 0 Å². The highest BCUT2D eigenvalue weighted by atomic mass is 35.5. The molecule has 0 spiro atoms. The molecule has 3 nitrogen and oxygen atoms in total. The smallest absolute Gasteiger partial charge is 0.279 e. The molecular formula is C17H19Cl2N2OS+. The molecule has 1 saturated heterocycles. The van der Waals surface area contributed by atoms with Crippen LogP contribution in [0, 0.1) is 6.92 Å². The monoisotopic (exact) mass is 369 g/mol. The average Bonchev–Trinajstić information content (AvgIpc) is 3.18. The number of likely N-dealkylation sites (tertiary alicyclic amines) is 1. The molecule has 1 amide bonds. The van der Waals surface area contributed by atoms with E-state index in [1.165, 1.54) is 9.78 Å². The number of hydrogen-bond donors (Lipinski definition) is 2. The van der Waals surface area contributed by atoms with Crippen LogP contribution in [0.4, 0.5) is 5.69 Å². The minimum Gasteiger partial charge on any atom is -0.320 e. The standard InChI is InChI=1S/C17H18Cl2N2OS/c1-11-6-7-12(18)17(16(11)19)20-15(22)10-21-8-2-4-13(21)14-5-3-9-23-14/h3,5-7,9,13H,2,4,8,10H2,1H3,(H,20,22)/p+1/t13-/m1/s1. The average molecular weight is 370 g/mol. The van der Waals surface area contributed by atoms with Gasteiger partial charge in [-0.2, -0.15) is 0 Å². The Morgan fingerprint density at radius 2 is 2.22 bits per heavy atom. The first-order valence-electron chi connectivity index (χ1n) is 7.68. The lowest BCUT2D eigenvalue weighted by Gasteiger charge is -2.20. The number of halogens is 2. The molecule has 1 aliphatic heterocycles. The van der Waals surface area contributed by atoms with Crippen LogP contribution in [0.2, 0.25) is 10.0 Å². The lowest BCUT2D eigenvalue weighted by molar-refractivity contribution is -0.910. The number of carbonyl (C=O) groups is 1. The van der Waals surface area contributed by atoms with E-state index >= 15 is 0 Å². The second-order valence-corrected chi connectivity index (χ2v) is 7.66. The van der Waals surface area contributed by atoms with Gasteiger partial charge in [0, 0.05) is 12.8 Å². The lowest BCUT2D eigenvalue weighted by Crippen LogP contribution is -3.11. The van der Waals surface area contributed by atoms with Crippen molar-refractivity contribution in [2.75, 3.05) is 18.4 Å². The zero-order chi connectivity index (χ0) is 16.4. The van der Waals surface area contributed by atoms with E-state index in [1.807, 2.05) is 13.0 Å². The van der Waals surface area contributed by atoms with Crippen molar-refractivity contribution >= 4 is 46.1 Å². The molecule has 23 heavy (non-hydrogen) atoms. The molecule has 1 aromatic carbocycles. The summed E-state index contributed by atoms with van der Waals surface area (Å²) in [4.78, 5) is 15.1. The number of benzene rings is 1. The maximum atomic E-state index is 12.5. The third kappa shape index (κ3) is 3.72. The van der Waals surface area contributed by atoms with E-state index in [4.69, 9.17) is 23.2 Å². The fourth-order valence-corrected chi connectivity index (χ4v) is 4.50. The van der Waals surface area contributed by atoms with E-state index in [0.29, 0.717) is 28.3 Å². The van der Waals surface area contributed by atoms with E-state index < -0.39 is 0 Å². The Bertz CT molecular complexity index is 703. The van der Waals surface area contributed by atoms with Crippen molar-refractivity contribution < 1.29 is 9.69 Å². The van der Waals surface area contributed by atoms with Crippen molar-refractivity contribution in [1.29, 1.82) is 0 Å². The summed E-state index contributed by atoms with van der Waals surface area (Å²) in [7, 11) is 0. The highest BCUT2D eigenvalue weighted by Gasteiger charge is 2.32. The first-order valence-corrected chi connectivity index (χ1v) is 9.32. The molecule has 3 rings (SSSR count). The predicted molar refractivity (Wildman–Crippen MR) is 96.8 cm³/mol. The largest absolute Gasteiger partial charge is 0.320 e. The quantitative estimate of drug-likeness (QED) is 0.845. The minimum absolute atomic E-state index is 0.0437. The number of nitrogens with one attached hydrogen (secondary N) is 2. The van der Waals surface area contributed by atoms with Crippen molar-refractivity contribution in [3.8, 4) is 0 Å². The van der Waals surface area contributed by atoms with Crippen molar-refractivity contribution in [2.24, 2.45) is 0 Å². The molecule has 1 fully saturated rings. The number of carbonyl (C=O) groups excluding carboxylic acids is 1. The second-order valence-electron chi connectivity index (χ2n) is 5.90. The Hall–Kier alpha value is -1.07. The van der Waals surface area contributed by atoms with Crippen LogP contribution < -0.4 is 10.2 Å². The second kappa shape index (κ2) is 7.22. The summed E-state index contributed by atoms with van der Waals surface area (Å²) in [6, 6.07) is 8.26. The number of quaternary nitrogens is 1. The van der Waals surface area contributed by atoms with Crippen LogP contribution in [0.1, 0.15) is 29.3 Å². The van der Waals surface area contributed by atoms with E-state index in [9.17, 15) is 4.79 Å². The van der Waals surface area contributed by atoms with Gasteiger partial charge in [-0.3, -0.25) is 4.79 Å². The number of thiophene rings is 1. The highest BCUT2D eigenvalue weighted by molar-refractivity contribution is 7.10. The van der Waals surface area contributed by atoms with Gasteiger partial charge in [-0.1, -0.05) is 35.3 Å². The first kappa shape index (κ1) is 16.8. The number of anilines is 1. The van der Waals surface area contributed by atoms with Crippen LogP contribution in [0.15, 0.2) is 29.6 Å². The van der Waals surface area contributed by atoms with Crippen molar-refractivity contribution in [3.63, 3.8) is 0 Å². The topological polar surface area (TPSA) is 33.5 Å². The summed E-state index contributed by atoms with van der Waals surface area (Å²) in [5, 5.41) is 5.97. The maximum absolute atomic E-state index is 12.5. The summed E-state index contributed by atoms with van der Waals surface area (Å²) in [5.41, 5.74) is 1.42. The van der Waals surface area contributed by atoms with E-state index in [-0.39, 0.29) is 5.91 Å². The van der Waals surface area contributed by atoms with Crippen molar-refractivity contribution in [1.82, 2.24) is 0 Å². The van der Waals surface area contributed by atoms with Crippen molar-refractivity contribution in [2.45, 2.75) is 25.8 Å². The molecule has 1 unspecified atom stereocenters. The summed E-state index contributed by atoms with van der Waals surface area (Å²) in [5.74, 6) is -0.0437. The van der Waals surface area contributed by atoms with Gasteiger partial charge in [0.1, 0.15) is 6.04 Å². The summed E-state index contributed by atoms with van der Waals surface area (Å²) >= 11 is 14.2. The number of amides is 1. The van der Waals surface area contributed by atoms with Gasteiger partial charge in [0.05, 0.1) is 27.2 Å². The minimum atomic E-state index is -0.0437. The highest BCUT2D eigenvalue weighted by Crippen LogP contribution is 2.32. The molecule has 2 atom stereocenters. The molecule has 2 heterocycles. The molecule has 0 radical (unpaired) electrons.